The van der Waals surface area contributed by atoms with Crippen LogP contribution < -0.4 is 21.5 Å². The van der Waals surface area contributed by atoms with E-state index in [9.17, 15) is 10.1 Å². The molecule has 43 heavy (non-hydrogen) atoms. The van der Waals surface area contributed by atoms with Crippen molar-refractivity contribution in [3.05, 3.63) is 52.3 Å². The van der Waals surface area contributed by atoms with Crippen LogP contribution in [0.25, 0.3) is 5.70 Å². The molecule has 5 rings (SSSR count). The first-order valence-electron chi connectivity index (χ1n) is 14.7. The van der Waals surface area contributed by atoms with E-state index in [4.69, 9.17) is 16.2 Å². The third-order valence-electron chi connectivity index (χ3n) is 8.07. The molecule has 0 saturated carbocycles. The van der Waals surface area contributed by atoms with Crippen molar-refractivity contribution in [1.82, 2.24) is 19.9 Å². The highest BCUT2D eigenvalue weighted by Gasteiger charge is 2.42. The summed E-state index contributed by atoms with van der Waals surface area (Å²) < 4.78 is 6.17. The van der Waals surface area contributed by atoms with E-state index in [0.717, 1.165) is 49.1 Å². The maximum Gasteiger partial charge on any atom is 0.219 e. The summed E-state index contributed by atoms with van der Waals surface area (Å²) in [7, 11) is 2.10. The second kappa shape index (κ2) is 15.0. The van der Waals surface area contributed by atoms with Gasteiger partial charge in [-0.25, -0.2) is 9.97 Å². The second-order valence-electron chi connectivity index (χ2n) is 10.9. The molecule has 1 fully saturated rings. The summed E-state index contributed by atoms with van der Waals surface area (Å²) in [4.78, 5) is 31.2. The van der Waals surface area contributed by atoms with Gasteiger partial charge in [-0.05, 0) is 74.7 Å². The minimum absolute atomic E-state index is 0.0618. The Hall–Kier alpha value is -3.90. The summed E-state index contributed by atoms with van der Waals surface area (Å²) in [6, 6.07) is 9.94. The number of Topliss-reactive ketones (excluding diaryl/α,β-unsaturated/α-hetero) is 1. The van der Waals surface area contributed by atoms with Crippen LogP contribution in [0.1, 0.15) is 57.7 Å². The average molecular weight is 601 g/mol. The molecule has 2 aromatic rings. The topological polar surface area (TPSA) is 156 Å². The van der Waals surface area contributed by atoms with Gasteiger partial charge in [-0.1, -0.05) is 19.4 Å². The number of ether oxygens (including phenoxy) is 1. The first-order chi connectivity index (χ1) is 20.9. The number of hydrogen-bond acceptors (Lipinski definition) is 11. The quantitative estimate of drug-likeness (QED) is 0.259. The van der Waals surface area contributed by atoms with Crippen LogP contribution in [0, 0.1) is 36.0 Å². The molecular weight excluding hydrogens is 560 g/mol. The molecule has 2 aromatic heterocycles. The van der Waals surface area contributed by atoms with E-state index in [2.05, 4.69) is 51.1 Å². The molecule has 0 aromatic carbocycles. The van der Waals surface area contributed by atoms with Crippen LogP contribution in [0.4, 0.5) is 11.6 Å². The molecule has 2 aliphatic heterocycles. The number of aromatic nitrogens is 3. The number of carbonyl (C=O) groups is 1. The zero-order valence-electron chi connectivity index (χ0n) is 24.8. The number of likely N-dealkylation sites (tertiary alicyclic amines) is 1. The Balaban J connectivity index is 0.00000207. The van der Waals surface area contributed by atoms with Gasteiger partial charge in [0.05, 0.1) is 23.1 Å². The number of allylic oxidation sites excluding steroid dienone is 2. The number of nitrogens with two attached hydrogens (primary N) is 2. The van der Waals surface area contributed by atoms with Gasteiger partial charge in [0.1, 0.15) is 18.2 Å². The lowest BCUT2D eigenvalue weighted by atomic mass is 9.76. The molecular formula is C32H40N8O2S. The maximum absolute atomic E-state index is 14.2. The van der Waals surface area contributed by atoms with Crippen molar-refractivity contribution >= 4 is 34.9 Å². The Kier molecular flexibility index (Phi) is 11.2. The fourth-order valence-corrected chi connectivity index (χ4v) is 7.25. The highest BCUT2D eigenvalue weighted by Crippen LogP contribution is 2.50. The summed E-state index contributed by atoms with van der Waals surface area (Å²) >= 11 is 1.53. The van der Waals surface area contributed by atoms with Crippen LogP contribution in [0.15, 0.2) is 46.5 Å². The third kappa shape index (κ3) is 7.37. The van der Waals surface area contributed by atoms with Gasteiger partial charge in [0.25, 0.3) is 0 Å². The Labute approximate surface area is 258 Å². The molecule has 0 radical (unpaired) electrons. The number of anilines is 2. The number of pyridine rings is 1. The fraction of sp³-hybridized carbons (Fsp3) is 0.469. The normalized spacial score (nSPS) is 23.8. The summed E-state index contributed by atoms with van der Waals surface area (Å²) in [6.07, 6.45) is 15.5. The van der Waals surface area contributed by atoms with Crippen LogP contribution in [-0.4, -0.2) is 57.3 Å². The molecule has 0 bridgehead atoms. The molecule has 1 aliphatic carbocycles. The molecule has 10 nitrogen and oxygen atoms in total. The lowest BCUT2D eigenvalue weighted by Crippen LogP contribution is -2.31. The van der Waals surface area contributed by atoms with E-state index in [0.29, 0.717) is 48.6 Å². The average Bonchev–Trinajstić information content (AvgIpc) is 3.60. The summed E-state index contributed by atoms with van der Waals surface area (Å²) in [6.45, 7) is 3.55. The summed E-state index contributed by atoms with van der Waals surface area (Å²) in [5, 5.41) is 12.7. The number of nitrogens with zero attached hydrogens (tertiary/aromatic N) is 5. The highest BCUT2D eigenvalue weighted by molar-refractivity contribution is 8.03. The molecule has 4 heterocycles. The molecule has 1 saturated heterocycles. The molecule has 4 atom stereocenters. The third-order valence-corrected chi connectivity index (χ3v) is 9.34. The van der Waals surface area contributed by atoms with Gasteiger partial charge in [0.15, 0.2) is 11.6 Å². The van der Waals surface area contributed by atoms with E-state index in [1.54, 1.807) is 12.3 Å². The standard InChI is InChI=1S/C30H38N8O2S.C2H2/c1-3-8-20(28(39)19-10-6-11-22-26(19)21(16-31)29(33)41-22)27(32)30-36-24(35-23-12-4-5-13-34-23)15-25(37-30)40-17-18-9-7-14-38(18)2;1-2/h4-5,12-13,15,18-19,21,29H,3,6-11,14,17,32-33H2,1-2H3,(H,34,35,36,37);1-2H/b27-20-;/t18-,19-,21?,29?;/m0./s1. The smallest absolute Gasteiger partial charge is 0.219 e. The van der Waals surface area contributed by atoms with Crippen LogP contribution in [0.2, 0.25) is 0 Å². The number of likely N-dealkylation sites (N-methyl/N-ethyl adjacent to an activating group) is 1. The van der Waals surface area contributed by atoms with Crippen molar-refractivity contribution in [3.63, 3.8) is 0 Å². The molecule has 0 amide bonds. The second-order valence-corrected chi connectivity index (χ2v) is 12.1. The fourth-order valence-electron chi connectivity index (χ4n) is 5.91. The maximum atomic E-state index is 14.2. The minimum Gasteiger partial charge on any atom is -0.476 e. The van der Waals surface area contributed by atoms with Crippen LogP contribution in [0.5, 0.6) is 5.88 Å². The SMILES string of the molecule is C#C.CCC/C(C(=O)[C@H]1CCCC2=C1C(C#N)C(N)S2)=C(/N)c1nc(Nc2ccccn2)cc(OC[C@@H]2CCCN2C)n1. The Morgan fingerprint density at radius 2 is 2.07 bits per heavy atom. The van der Waals surface area contributed by atoms with E-state index >= 15 is 0 Å². The first kappa shape index (κ1) is 32.0. The van der Waals surface area contributed by atoms with Gasteiger partial charge in [-0.15, -0.1) is 24.6 Å². The van der Waals surface area contributed by atoms with Crippen LogP contribution in [0.3, 0.4) is 0 Å². The van der Waals surface area contributed by atoms with Crippen LogP contribution >= 0.6 is 11.8 Å². The number of ketones is 1. The van der Waals surface area contributed by atoms with Crippen LogP contribution in [-0.2, 0) is 4.79 Å². The molecule has 5 N–H and O–H groups in total. The van der Waals surface area contributed by atoms with E-state index in [1.807, 2.05) is 25.1 Å². The zero-order chi connectivity index (χ0) is 30.9. The van der Waals surface area contributed by atoms with Crippen molar-refractivity contribution in [2.45, 2.75) is 63.3 Å². The zero-order valence-corrected chi connectivity index (χ0v) is 25.6. The summed E-state index contributed by atoms with van der Waals surface area (Å²) in [5.41, 5.74) is 14.6. The Morgan fingerprint density at radius 3 is 2.74 bits per heavy atom. The van der Waals surface area contributed by atoms with Crippen molar-refractivity contribution in [3.8, 4) is 24.8 Å². The number of hydrogen-bond donors (Lipinski definition) is 3. The lowest BCUT2D eigenvalue weighted by Gasteiger charge is -2.26. The van der Waals surface area contributed by atoms with Gasteiger partial charge >= 0.3 is 0 Å². The first-order valence-corrected chi connectivity index (χ1v) is 15.6. The molecule has 2 unspecified atom stereocenters. The largest absolute Gasteiger partial charge is 0.476 e. The van der Waals surface area contributed by atoms with Gasteiger partial charge in [0, 0.05) is 29.8 Å². The van der Waals surface area contributed by atoms with E-state index < -0.39 is 11.8 Å². The molecule has 226 valence electrons. The number of terminal acetylenes is 1. The highest BCUT2D eigenvalue weighted by atomic mass is 32.2. The Bertz CT molecular complexity index is 1420. The molecule has 0 spiro atoms. The predicted octanol–water partition coefficient (Wildman–Crippen LogP) is 4.60. The van der Waals surface area contributed by atoms with E-state index in [1.165, 1.54) is 11.8 Å². The predicted molar refractivity (Wildman–Crippen MR) is 171 cm³/mol. The molecule has 3 aliphatic rings. The molecule has 11 heteroatoms. The van der Waals surface area contributed by atoms with Crippen molar-refractivity contribution < 1.29 is 9.53 Å². The number of carbonyl (C=O) groups excluding carboxylic acids is 1. The number of thioether (sulfide) groups is 1. The monoisotopic (exact) mass is 600 g/mol. The number of nitriles is 1. The van der Waals surface area contributed by atoms with Gasteiger partial charge in [0.2, 0.25) is 5.88 Å². The Morgan fingerprint density at radius 1 is 1.26 bits per heavy atom. The minimum atomic E-state index is -0.468. The van der Waals surface area contributed by atoms with Crippen molar-refractivity contribution in [1.29, 1.82) is 5.26 Å². The summed E-state index contributed by atoms with van der Waals surface area (Å²) in [5.74, 6) is 0.762. The van der Waals surface area contributed by atoms with Gasteiger partial charge in [-0.2, -0.15) is 10.2 Å². The van der Waals surface area contributed by atoms with Gasteiger partial charge < -0.3 is 26.4 Å². The lowest BCUT2D eigenvalue weighted by molar-refractivity contribution is -0.118. The van der Waals surface area contributed by atoms with E-state index in [-0.39, 0.29) is 22.7 Å². The van der Waals surface area contributed by atoms with Crippen molar-refractivity contribution in [2.75, 3.05) is 25.5 Å². The van der Waals surface area contributed by atoms with Gasteiger partial charge in [-0.3, -0.25) is 4.79 Å². The van der Waals surface area contributed by atoms with Crippen molar-refractivity contribution in [2.24, 2.45) is 23.3 Å². The number of nitrogens with one attached hydrogen (secondary N) is 1. The number of rotatable bonds is 10.